The molecule has 21 heavy (non-hydrogen) atoms. The third kappa shape index (κ3) is 5.25. The second-order valence-corrected chi connectivity index (χ2v) is 8.49. The third-order valence-electron chi connectivity index (χ3n) is 5.75. The Bertz CT molecular complexity index is 266. The zero-order valence-electron chi connectivity index (χ0n) is 14.6. The minimum atomic E-state index is -0.174. The fourth-order valence-electron chi connectivity index (χ4n) is 4.19. The van der Waals surface area contributed by atoms with E-state index in [1.54, 1.807) is 0 Å². The van der Waals surface area contributed by atoms with Crippen molar-refractivity contribution in [3.63, 3.8) is 0 Å². The minimum Gasteiger partial charge on any atom is -0.393 e. The van der Waals surface area contributed by atoms with E-state index in [1.165, 1.54) is 64.2 Å². The van der Waals surface area contributed by atoms with Crippen molar-refractivity contribution in [3.8, 4) is 0 Å². The van der Waals surface area contributed by atoms with Crippen molar-refractivity contribution in [1.29, 1.82) is 0 Å². The lowest BCUT2D eigenvalue weighted by atomic mass is 9.85. The van der Waals surface area contributed by atoms with E-state index in [0.717, 1.165) is 25.0 Å². The fraction of sp³-hybridized carbons (Fsp3) is 1.00. The van der Waals surface area contributed by atoms with E-state index in [9.17, 15) is 5.11 Å². The molecule has 0 heterocycles. The summed E-state index contributed by atoms with van der Waals surface area (Å²) < 4.78 is 0. The first-order chi connectivity index (χ1) is 9.98. The fourth-order valence-corrected chi connectivity index (χ4v) is 4.19. The summed E-state index contributed by atoms with van der Waals surface area (Å²) in [5, 5.41) is 10.4. The largest absolute Gasteiger partial charge is 0.393 e. The van der Waals surface area contributed by atoms with Crippen molar-refractivity contribution in [3.05, 3.63) is 0 Å². The van der Waals surface area contributed by atoms with E-state index in [2.05, 4.69) is 25.7 Å². The van der Waals surface area contributed by atoms with E-state index >= 15 is 0 Å². The van der Waals surface area contributed by atoms with Gasteiger partial charge in [-0.25, -0.2) is 0 Å². The summed E-state index contributed by atoms with van der Waals surface area (Å²) in [4.78, 5) is 2.81. The van der Waals surface area contributed by atoms with E-state index in [4.69, 9.17) is 0 Å². The van der Waals surface area contributed by atoms with Gasteiger partial charge in [-0.3, -0.25) is 4.90 Å². The Morgan fingerprint density at radius 2 is 1.29 bits per heavy atom. The molecule has 124 valence electrons. The van der Waals surface area contributed by atoms with Crippen molar-refractivity contribution in [2.75, 3.05) is 6.54 Å². The molecule has 0 aliphatic heterocycles. The molecule has 1 N–H and O–H groups in total. The van der Waals surface area contributed by atoms with Crippen molar-refractivity contribution >= 4 is 0 Å². The SMILES string of the molecule is CC(C)(C)C(O)CCN(C1CCCCC1)C1CCCCC1. The molecule has 2 aliphatic carbocycles. The highest BCUT2D eigenvalue weighted by Crippen LogP contribution is 2.31. The van der Waals surface area contributed by atoms with Crippen LogP contribution in [-0.4, -0.2) is 34.7 Å². The lowest BCUT2D eigenvalue weighted by molar-refractivity contribution is 0.0207. The lowest BCUT2D eigenvalue weighted by Gasteiger charge is -2.42. The Morgan fingerprint density at radius 3 is 1.67 bits per heavy atom. The van der Waals surface area contributed by atoms with E-state index < -0.39 is 0 Å². The molecule has 0 aromatic heterocycles. The topological polar surface area (TPSA) is 23.5 Å². The molecule has 2 fully saturated rings. The Labute approximate surface area is 132 Å². The van der Waals surface area contributed by atoms with Crippen LogP contribution in [0.4, 0.5) is 0 Å². The van der Waals surface area contributed by atoms with Gasteiger partial charge in [0.25, 0.3) is 0 Å². The molecule has 0 amide bonds. The third-order valence-corrected chi connectivity index (χ3v) is 5.75. The molecule has 0 radical (unpaired) electrons. The second-order valence-electron chi connectivity index (χ2n) is 8.49. The van der Waals surface area contributed by atoms with Gasteiger partial charge in [-0.1, -0.05) is 59.3 Å². The Kier molecular flexibility index (Phi) is 6.55. The number of aliphatic hydroxyl groups is 1. The van der Waals surface area contributed by atoms with Gasteiger partial charge in [-0.2, -0.15) is 0 Å². The Hall–Kier alpha value is -0.0800. The van der Waals surface area contributed by atoms with Crippen LogP contribution in [0, 0.1) is 5.41 Å². The summed E-state index contributed by atoms with van der Waals surface area (Å²) in [6.07, 6.45) is 14.8. The molecule has 2 heteroatoms. The summed E-state index contributed by atoms with van der Waals surface area (Å²) in [6, 6.07) is 1.60. The van der Waals surface area contributed by atoms with E-state index in [1.807, 2.05) is 0 Å². The highest BCUT2D eigenvalue weighted by atomic mass is 16.3. The molecule has 0 bridgehead atoms. The molecule has 2 aliphatic rings. The average molecular weight is 296 g/mol. The van der Waals surface area contributed by atoms with Gasteiger partial charge in [0.2, 0.25) is 0 Å². The maximum Gasteiger partial charge on any atom is 0.0600 e. The molecule has 1 unspecified atom stereocenters. The van der Waals surface area contributed by atoms with Gasteiger partial charge in [-0.15, -0.1) is 0 Å². The van der Waals surface area contributed by atoms with E-state index in [-0.39, 0.29) is 11.5 Å². The van der Waals surface area contributed by atoms with E-state index in [0.29, 0.717) is 0 Å². The summed E-state index contributed by atoms with van der Waals surface area (Å²) in [5.41, 5.74) is 0.0187. The average Bonchev–Trinajstić information content (AvgIpc) is 2.48. The molecule has 0 aromatic carbocycles. The first kappa shape index (κ1) is 17.3. The standard InChI is InChI=1S/C19H37NO/c1-19(2,3)18(21)14-15-20(16-10-6-4-7-11-16)17-12-8-5-9-13-17/h16-18,21H,4-15H2,1-3H3. The van der Waals surface area contributed by atoms with Gasteiger partial charge in [0.05, 0.1) is 6.10 Å². The van der Waals surface area contributed by atoms with Crippen LogP contribution < -0.4 is 0 Å². The summed E-state index contributed by atoms with van der Waals surface area (Å²) in [6.45, 7) is 7.57. The zero-order chi connectivity index (χ0) is 15.3. The van der Waals surface area contributed by atoms with Gasteiger partial charge >= 0.3 is 0 Å². The van der Waals surface area contributed by atoms with Gasteiger partial charge in [0.1, 0.15) is 0 Å². The smallest absolute Gasteiger partial charge is 0.0600 e. The molecule has 0 spiro atoms. The number of nitrogens with zero attached hydrogens (tertiary/aromatic N) is 1. The van der Waals surface area contributed by atoms with Crippen molar-refractivity contribution in [1.82, 2.24) is 4.90 Å². The van der Waals surface area contributed by atoms with Crippen LogP contribution >= 0.6 is 0 Å². The molecule has 2 rings (SSSR count). The molecule has 0 saturated heterocycles. The van der Waals surface area contributed by atoms with Crippen molar-refractivity contribution in [2.24, 2.45) is 5.41 Å². The second kappa shape index (κ2) is 7.97. The predicted octanol–water partition coefficient (Wildman–Crippen LogP) is 4.75. The number of hydrogen-bond acceptors (Lipinski definition) is 2. The Morgan fingerprint density at radius 1 is 0.857 bits per heavy atom. The highest BCUT2D eigenvalue weighted by Gasteiger charge is 2.30. The van der Waals surface area contributed by atoms with Crippen LogP contribution in [0.1, 0.15) is 91.4 Å². The van der Waals surface area contributed by atoms with Gasteiger partial charge in [0, 0.05) is 18.6 Å². The van der Waals surface area contributed by atoms with Gasteiger partial charge in [-0.05, 0) is 37.5 Å². The van der Waals surface area contributed by atoms with Gasteiger partial charge in [0.15, 0.2) is 0 Å². The molecule has 1 atom stereocenters. The molecular weight excluding hydrogens is 258 g/mol. The maximum absolute atomic E-state index is 10.4. The molecule has 0 aromatic rings. The first-order valence-corrected chi connectivity index (χ1v) is 9.42. The van der Waals surface area contributed by atoms with Crippen molar-refractivity contribution < 1.29 is 5.11 Å². The Balaban J connectivity index is 1.93. The number of hydrogen-bond donors (Lipinski definition) is 1. The summed E-state index contributed by atoms with van der Waals surface area (Å²) >= 11 is 0. The van der Waals surface area contributed by atoms with Crippen molar-refractivity contribution in [2.45, 2.75) is 110 Å². The minimum absolute atomic E-state index is 0.0187. The quantitative estimate of drug-likeness (QED) is 0.791. The van der Waals surface area contributed by atoms with Crippen LogP contribution in [0.2, 0.25) is 0 Å². The van der Waals surface area contributed by atoms with Crippen LogP contribution in [0.5, 0.6) is 0 Å². The number of aliphatic hydroxyl groups excluding tert-OH is 1. The normalized spacial score (nSPS) is 24.4. The van der Waals surface area contributed by atoms with Gasteiger partial charge < -0.3 is 5.11 Å². The van der Waals surface area contributed by atoms with Crippen LogP contribution in [-0.2, 0) is 0 Å². The molecule has 2 nitrogen and oxygen atoms in total. The summed E-state index contributed by atoms with van der Waals surface area (Å²) in [5.74, 6) is 0. The monoisotopic (exact) mass is 295 g/mol. The van der Waals surface area contributed by atoms with Crippen LogP contribution in [0.15, 0.2) is 0 Å². The molecule has 2 saturated carbocycles. The van der Waals surface area contributed by atoms with Crippen LogP contribution in [0.3, 0.4) is 0 Å². The molecular formula is C19H37NO. The number of rotatable bonds is 5. The summed E-state index contributed by atoms with van der Waals surface area (Å²) in [7, 11) is 0. The highest BCUT2D eigenvalue weighted by molar-refractivity contribution is 4.85. The zero-order valence-corrected chi connectivity index (χ0v) is 14.6. The van der Waals surface area contributed by atoms with Crippen LogP contribution in [0.25, 0.3) is 0 Å². The maximum atomic E-state index is 10.4. The first-order valence-electron chi connectivity index (χ1n) is 9.42. The predicted molar refractivity (Wildman–Crippen MR) is 90.5 cm³/mol. The lowest BCUT2D eigenvalue weighted by Crippen LogP contribution is -2.47.